The van der Waals surface area contributed by atoms with Crippen molar-refractivity contribution >= 4 is 17.3 Å². The van der Waals surface area contributed by atoms with Crippen LogP contribution < -0.4 is 0 Å². The normalized spacial score (nSPS) is 10.3. The van der Waals surface area contributed by atoms with E-state index in [-0.39, 0.29) is 6.61 Å². The minimum absolute atomic E-state index is 0.288. The molecule has 21 heavy (non-hydrogen) atoms. The molecule has 1 aromatic carbocycles. The highest BCUT2D eigenvalue weighted by Gasteiger charge is 2.16. The Hall–Kier alpha value is -2.16. The van der Waals surface area contributed by atoms with Crippen molar-refractivity contribution in [3.63, 3.8) is 0 Å². The lowest BCUT2D eigenvalue weighted by Crippen LogP contribution is -1.97. The summed E-state index contributed by atoms with van der Waals surface area (Å²) in [6, 6.07) is 7.69. The molecule has 1 aromatic heterocycles. The molecule has 2 aromatic rings. The molecule has 0 atom stereocenters. The van der Waals surface area contributed by atoms with E-state index in [9.17, 15) is 4.79 Å². The topological polar surface area (TPSA) is 59.4 Å². The summed E-state index contributed by atoms with van der Waals surface area (Å²) in [5.41, 5.74) is 2.55. The lowest BCUT2D eigenvalue weighted by Gasteiger charge is -2.02. The molecule has 0 amide bonds. The fourth-order valence-corrected chi connectivity index (χ4v) is 2.85. The van der Waals surface area contributed by atoms with Gasteiger partial charge in [-0.3, -0.25) is 0 Å². The molecule has 0 radical (unpaired) electrons. The third-order valence-corrected chi connectivity index (χ3v) is 4.02. The molecule has 4 nitrogen and oxygen atoms in total. The number of carboxylic acid groups (broad SMARTS) is 1. The number of hydrogen-bond acceptors (Lipinski definition) is 4. The van der Waals surface area contributed by atoms with E-state index in [4.69, 9.17) is 16.3 Å². The van der Waals surface area contributed by atoms with Gasteiger partial charge in [0.25, 0.3) is 0 Å². The van der Waals surface area contributed by atoms with Crippen LogP contribution in [0.4, 0.5) is 0 Å². The van der Waals surface area contributed by atoms with Gasteiger partial charge in [0, 0.05) is 5.56 Å². The summed E-state index contributed by atoms with van der Waals surface area (Å²) in [6.07, 6.45) is 5.72. The van der Waals surface area contributed by atoms with Crippen molar-refractivity contribution in [1.82, 2.24) is 4.98 Å². The maximum absolute atomic E-state index is 11.2. The van der Waals surface area contributed by atoms with Crippen molar-refractivity contribution in [3.8, 4) is 22.9 Å². The predicted octanol–water partition coefficient (Wildman–Crippen LogP) is 3.22. The number of carboxylic acids is 1. The van der Waals surface area contributed by atoms with E-state index in [1.165, 1.54) is 11.3 Å². The molecule has 0 unspecified atom stereocenters. The van der Waals surface area contributed by atoms with Gasteiger partial charge in [-0.1, -0.05) is 37.1 Å². The molecule has 1 N–H and O–H groups in total. The number of hydrogen-bond donors (Lipinski definition) is 1. The molecule has 108 valence electrons. The molecular weight excluding hydrogens is 286 g/mol. The molecule has 1 heterocycles. The summed E-state index contributed by atoms with van der Waals surface area (Å²) in [4.78, 5) is 15.9. The van der Waals surface area contributed by atoms with Crippen molar-refractivity contribution in [2.75, 3.05) is 6.61 Å². The average molecular weight is 301 g/mol. The number of aryl methyl sites for hydroxylation is 1. The summed E-state index contributed by atoms with van der Waals surface area (Å²) in [5, 5.41) is 9.88. The molecule has 5 heteroatoms. The molecule has 0 bridgehead atoms. The molecule has 0 aliphatic rings. The van der Waals surface area contributed by atoms with Gasteiger partial charge in [0.2, 0.25) is 0 Å². The largest absolute Gasteiger partial charge is 0.477 e. The van der Waals surface area contributed by atoms with Crippen molar-refractivity contribution in [2.24, 2.45) is 0 Å². The third-order valence-electron chi connectivity index (χ3n) is 2.88. The van der Waals surface area contributed by atoms with Crippen LogP contribution in [0.2, 0.25) is 0 Å². The van der Waals surface area contributed by atoms with Gasteiger partial charge in [0.05, 0.1) is 12.3 Å². The Morgan fingerprint density at radius 1 is 1.43 bits per heavy atom. The molecule has 0 saturated carbocycles. The number of aromatic nitrogens is 1. The molecular formula is C16H15NO3S. The monoisotopic (exact) mass is 301 g/mol. The van der Waals surface area contributed by atoms with Gasteiger partial charge >= 0.3 is 5.97 Å². The fraction of sp³-hybridized carbons (Fsp3) is 0.250. The Balaban J connectivity index is 2.19. The lowest BCUT2D eigenvalue weighted by atomic mass is 10.1. The lowest BCUT2D eigenvalue weighted by molar-refractivity contribution is 0.0701. The van der Waals surface area contributed by atoms with Crippen molar-refractivity contribution < 1.29 is 14.6 Å². The maximum atomic E-state index is 11.2. The Morgan fingerprint density at radius 2 is 2.14 bits per heavy atom. The minimum atomic E-state index is -0.921. The maximum Gasteiger partial charge on any atom is 0.347 e. The number of ether oxygens (including phenoxy) is 1. The summed E-state index contributed by atoms with van der Waals surface area (Å²) in [7, 11) is 0. The van der Waals surface area contributed by atoms with Gasteiger partial charge in [-0.2, -0.15) is 0 Å². The first kappa shape index (κ1) is 15.2. The zero-order valence-electron chi connectivity index (χ0n) is 11.6. The molecule has 0 aliphatic heterocycles. The van der Waals surface area contributed by atoms with Crippen LogP contribution in [0.3, 0.4) is 0 Å². The van der Waals surface area contributed by atoms with E-state index in [0.29, 0.717) is 23.6 Å². The Labute approximate surface area is 127 Å². The van der Waals surface area contributed by atoms with Gasteiger partial charge in [-0.25, -0.2) is 9.78 Å². The molecule has 0 saturated heterocycles. The van der Waals surface area contributed by atoms with E-state index >= 15 is 0 Å². The minimum Gasteiger partial charge on any atom is -0.477 e. The summed E-state index contributed by atoms with van der Waals surface area (Å²) < 4.78 is 5.26. The zero-order chi connectivity index (χ0) is 15.2. The summed E-state index contributed by atoms with van der Waals surface area (Å²) in [6.45, 7) is 2.65. The number of rotatable bonds is 6. The van der Waals surface area contributed by atoms with Crippen molar-refractivity contribution in [1.29, 1.82) is 0 Å². The second kappa shape index (κ2) is 7.02. The average Bonchev–Trinajstić information content (AvgIpc) is 2.93. The number of benzene rings is 1. The van der Waals surface area contributed by atoms with Gasteiger partial charge in [-0.15, -0.1) is 17.8 Å². The van der Waals surface area contributed by atoms with E-state index in [1.807, 2.05) is 31.2 Å². The van der Waals surface area contributed by atoms with Crippen LogP contribution in [0.15, 0.2) is 24.3 Å². The summed E-state index contributed by atoms with van der Waals surface area (Å²) in [5.74, 6) is 1.49. The van der Waals surface area contributed by atoms with Gasteiger partial charge in [-0.05, 0) is 12.0 Å². The number of terminal acetylenes is 1. The van der Waals surface area contributed by atoms with Crippen molar-refractivity contribution in [2.45, 2.75) is 20.0 Å². The number of aromatic carboxylic acids is 1. The second-order valence-corrected chi connectivity index (χ2v) is 5.35. The molecule has 0 aliphatic carbocycles. The van der Waals surface area contributed by atoms with Crippen LogP contribution in [-0.2, 0) is 17.8 Å². The van der Waals surface area contributed by atoms with Crippen LogP contribution in [0, 0.1) is 12.3 Å². The van der Waals surface area contributed by atoms with Gasteiger partial charge in [0.1, 0.15) is 16.5 Å². The Kier molecular flexibility index (Phi) is 5.09. The van der Waals surface area contributed by atoms with Crippen LogP contribution in [0.5, 0.6) is 0 Å². The van der Waals surface area contributed by atoms with Crippen LogP contribution >= 0.6 is 11.3 Å². The van der Waals surface area contributed by atoms with E-state index in [2.05, 4.69) is 10.9 Å². The standard InChI is InChI=1S/C16H15NO3S/c1-3-9-20-10-11-5-7-12(8-6-11)15-17-13(4-2)14(21-15)16(18)19/h1,5-8H,4,9-10H2,2H3,(H,18,19). The zero-order valence-corrected chi connectivity index (χ0v) is 12.4. The smallest absolute Gasteiger partial charge is 0.347 e. The van der Waals surface area contributed by atoms with Crippen LogP contribution in [0.25, 0.3) is 10.6 Å². The highest BCUT2D eigenvalue weighted by Crippen LogP contribution is 2.28. The van der Waals surface area contributed by atoms with Gasteiger partial charge < -0.3 is 9.84 Å². The van der Waals surface area contributed by atoms with E-state index in [1.54, 1.807) is 0 Å². The van der Waals surface area contributed by atoms with Crippen LogP contribution in [0.1, 0.15) is 27.9 Å². The van der Waals surface area contributed by atoms with Crippen LogP contribution in [-0.4, -0.2) is 22.7 Å². The number of nitrogens with zero attached hydrogens (tertiary/aromatic N) is 1. The van der Waals surface area contributed by atoms with E-state index < -0.39 is 5.97 Å². The summed E-state index contributed by atoms with van der Waals surface area (Å²) >= 11 is 1.20. The Morgan fingerprint density at radius 3 is 2.67 bits per heavy atom. The SMILES string of the molecule is C#CCOCc1ccc(-c2nc(CC)c(C(=O)O)s2)cc1. The van der Waals surface area contributed by atoms with Crippen molar-refractivity contribution in [3.05, 3.63) is 40.4 Å². The molecule has 0 spiro atoms. The third kappa shape index (κ3) is 3.69. The highest BCUT2D eigenvalue weighted by molar-refractivity contribution is 7.17. The first-order valence-corrected chi connectivity index (χ1v) is 7.30. The van der Waals surface area contributed by atoms with Gasteiger partial charge in [0.15, 0.2) is 0 Å². The number of carbonyl (C=O) groups is 1. The number of thiazole rings is 1. The predicted molar refractivity (Wildman–Crippen MR) is 82.4 cm³/mol. The van der Waals surface area contributed by atoms with E-state index in [0.717, 1.165) is 16.1 Å². The quantitative estimate of drug-likeness (QED) is 0.657. The second-order valence-electron chi connectivity index (χ2n) is 4.35. The Bertz CT molecular complexity index is 668. The fourth-order valence-electron chi connectivity index (χ4n) is 1.85. The first-order chi connectivity index (χ1) is 10.2. The first-order valence-electron chi connectivity index (χ1n) is 6.49. The molecule has 2 rings (SSSR count). The molecule has 0 fully saturated rings. The highest BCUT2D eigenvalue weighted by atomic mass is 32.1.